The molecule has 0 saturated heterocycles. The molecule has 0 aliphatic heterocycles. The van der Waals surface area contributed by atoms with Crippen LogP contribution in [0.3, 0.4) is 0 Å². The van der Waals surface area contributed by atoms with Crippen LogP contribution in [0.4, 0.5) is 5.69 Å². The molecule has 2 aromatic carbocycles. The summed E-state index contributed by atoms with van der Waals surface area (Å²) in [6.07, 6.45) is 2.19. The first-order valence-corrected chi connectivity index (χ1v) is 13.7. The van der Waals surface area contributed by atoms with Crippen LogP contribution in [-0.2, 0) is 26.2 Å². The van der Waals surface area contributed by atoms with Crippen molar-refractivity contribution in [2.24, 2.45) is 0 Å². The van der Waals surface area contributed by atoms with Gasteiger partial charge in [-0.15, -0.1) is 0 Å². The summed E-state index contributed by atoms with van der Waals surface area (Å²) in [4.78, 5) is 28.0. The topological polar surface area (TPSA) is 96.0 Å². The Bertz CT molecular complexity index is 1090. The van der Waals surface area contributed by atoms with Crippen molar-refractivity contribution < 1.29 is 22.7 Å². The van der Waals surface area contributed by atoms with Crippen LogP contribution in [0, 0.1) is 0 Å². The number of nitrogens with one attached hydrogen (secondary N) is 1. The van der Waals surface area contributed by atoms with Gasteiger partial charge in [0.15, 0.2) is 0 Å². The van der Waals surface area contributed by atoms with E-state index >= 15 is 0 Å². The first kappa shape index (κ1) is 27.7. The number of anilines is 1. The van der Waals surface area contributed by atoms with E-state index in [1.807, 2.05) is 19.9 Å². The summed E-state index contributed by atoms with van der Waals surface area (Å²) in [5.74, 6) is -0.124. The van der Waals surface area contributed by atoms with Crippen LogP contribution >= 0.6 is 15.9 Å². The van der Waals surface area contributed by atoms with E-state index in [4.69, 9.17) is 4.74 Å². The molecule has 10 heteroatoms. The number of carbonyl (C=O) groups excluding carboxylic acids is 2. The minimum absolute atomic E-state index is 0.129. The largest absolute Gasteiger partial charge is 0.497 e. The Morgan fingerprint density at radius 2 is 1.82 bits per heavy atom. The van der Waals surface area contributed by atoms with E-state index in [2.05, 4.69) is 21.2 Å². The highest BCUT2D eigenvalue weighted by Crippen LogP contribution is 2.23. The molecule has 0 spiro atoms. The van der Waals surface area contributed by atoms with E-state index < -0.39 is 28.5 Å². The number of amides is 2. The molecular weight excluding hydrogens is 522 g/mol. The monoisotopic (exact) mass is 553 g/mol. The number of nitrogens with zero attached hydrogens (tertiary/aromatic N) is 2. The van der Waals surface area contributed by atoms with Crippen molar-refractivity contribution in [2.75, 3.05) is 30.8 Å². The first-order valence-electron chi connectivity index (χ1n) is 11.0. The van der Waals surface area contributed by atoms with Gasteiger partial charge in [0, 0.05) is 17.6 Å². The van der Waals surface area contributed by atoms with Crippen molar-refractivity contribution in [1.29, 1.82) is 0 Å². The third kappa shape index (κ3) is 7.73. The van der Waals surface area contributed by atoms with Crippen LogP contribution in [0.25, 0.3) is 0 Å². The molecule has 34 heavy (non-hydrogen) atoms. The Labute approximate surface area is 210 Å². The Balaban J connectivity index is 2.43. The van der Waals surface area contributed by atoms with Gasteiger partial charge in [-0.3, -0.25) is 13.9 Å². The molecule has 0 heterocycles. The summed E-state index contributed by atoms with van der Waals surface area (Å²) in [5.41, 5.74) is 1.12. The van der Waals surface area contributed by atoms with Gasteiger partial charge in [-0.2, -0.15) is 0 Å². The fourth-order valence-corrected chi connectivity index (χ4v) is 4.73. The van der Waals surface area contributed by atoms with Gasteiger partial charge < -0.3 is 15.0 Å². The number of hydrogen-bond donors (Lipinski definition) is 1. The molecule has 0 aliphatic rings. The summed E-state index contributed by atoms with van der Waals surface area (Å²) in [5, 5.41) is 2.85. The van der Waals surface area contributed by atoms with Crippen LogP contribution in [0.15, 0.2) is 53.0 Å². The summed E-state index contributed by atoms with van der Waals surface area (Å²) < 4.78 is 32.2. The summed E-state index contributed by atoms with van der Waals surface area (Å²) in [6, 6.07) is 13.2. The smallest absolute Gasteiger partial charge is 0.244 e. The molecule has 2 aromatic rings. The molecule has 0 saturated carbocycles. The van der Waals surface area contributed by atoms with Crippen molar-refractivity contribution in [3.05, 3.63) is 58.6 Å². The minimum Gasteiger partial charge on any atom is -0.497 e. The standard InChI is InChI=1S/C24H32BrN3O5S/c1-5-13-26-24(30)22(6-2)27(16-18-9-7-12-21(14-18)33-3)23(29)17-28(34(4,31)32)20-11-8-10-19(25)15-20/h7-12,14-15,22H,5-6,13,16-17H2,1-4H3,(H,26,30). The molecule has 2 amide bonds. The average molecular weight is 555 g/mol. The zero-order valence-electron chi connectivity index (χ0n) is 20.0. The molecule has 0 aromatic heterocycles. The van der Waals surface area contributed by atoms with Gasteiger partial charge in [0.1, 0.15) is 18.3 Å². The van der Waals surface area contributed by atoms with Crippen molar-refractivity contribution in [1.82, 2.24) is 10.2 Å². The van der Waals surface area contributed by atoms with Gasteiger partial charge in [-0.1, -0.05) is 48.0 Å². The Morgan fingerprint density at radius 1 is 1.12 bits per heavy atom. The lowest BCUT2D eigenvalue weighted by Gasteiger charge is -2.33. The van der Waals surface area contributed by atoms with Gasteiger partial charge in [0.25, 0.3) is 0 Å². The molecule has 0 aliphatic carbocycles. The average Bonchev–Trinajstić information content (AvgIpc) is 2.80. The quantitative estimate of drug-likeness (QED) is 0.433. The zero-order valence-corrected chi connectivity index (χ0v) is 22.4. The van der Waals surface area contributed by atoms with Crippen LogP contribution in [-0.4, -0.2) is 57.6 Å². The van der Waals surface area contributed by atoms with Gasteiger partial charge >= 0.3 is 0 Å². The van der Waals surface area contributed by atoms with Gasteiger partial charge in [0.2, 0.25) is 21.8 Å². The second kappa shape index (κ2) is 12.8. The van der Waals surface area contributed by atoms with E-state index in [1.54, 1.807) is 49.6 Å². The molecule has 2 rings (SSSR count). The molecule has 0 radical (unpaired) electrons. The molecule has 1 atom stereocenters. The van der Waals surface area contributed by atoms with Gasteiger partial charge in [-0.05, 0) is 48.7 Å². The van der Waals surface area contributed by atoms with Gasteiger partial charge in [-0.25, -0.2) is 8.42 Å². The summed E-state index contributed by atoms with van der Waals surface area (Å²) in [7, 11) is -2.22. The maximum absolute atomic E-state index is 13.6. The van der Waals surface area contributed by atoms with E-state index in [0.29, 0.717) is 28.9 Å². The third-order valence-electron chi connectivity index (χ3n) is 5.20. The number of methoxy groups -OCH3 is 1. The maximum atomic E-state index is 13.6. The number of hydrogen-bond acceptors (Lipinski definition) is 5. The molecule has 186 valence electrons. The number of carbonyl (C=O) groups is 2. The summed E-state index contributed by atoms with van der Waals surface area (Å²) in [6.45, 7) is 3.96. The van der Waals surface area contributed by atoms with E-state index in [1.165, 1.54) is 4.90 Å². The molecule has 0 bridgehead atoms. The predicted molar refractivity (Wildman–Crippen MR) is 137 cm³/mol. The Hall–Kier alpha value is -2.59. The highest BCUT2D eigenvalue weighted by molar-refractivity contribution is 9.10. The predicted octanol–water partition coefficient (Wildman–Crippen LogP) is 3.56. The second-order valence-electron chi connectivity index (χ2n) is 7.84. The number of ether oxygens (including phenoxy) is 1. The number of rotatable bonds is 12. The van der Waals surface area contributed by atoms with E-state index in [-0.39, 0.29) is 12.5 Å². The lowest BCUT2D eigenvalue weighted by atomic mass is 10.1. The Kier molecular flexibility index (Phi) is 10.4. The zero-order chi connectivity index (χ0) is 25.3. The van der Waals surface area contributed by atoms with Crippen LogP contribution in [0.1, 0.15) is 32.3 Å². The summed E-state index contributed by atoms with van der Waals surface area (Å²) >= 11 is 3.35. The lowest BCUT2D eigenvalue weighted by molar-refractivity contribution is -0.140. The van der Waals surface area contributed by atoms with Crippen molar-refractivity contribution in [2.45, 2.75) is 39.3 Å². The fourth-order valence-electron chi connectivity index (χ4n) is 3.50. The SMILES string of the molecule is CCCNC(=O)C(CC)N(Cc1cccc(OC)c1)C(=O)CN(c1cccc(Br)c1)S(C)(=O)=O. The molecule has 1 unspecified atom stereocenters. The van der Waals surface area contributed by atoms with Gasteiger partial charge in [0.05, 0.1) is 19.1 Å². The highest BCUT2D eigenvalue weighted by atomic mass is 79.9. The number of sulfonamides is 1. The lowest BCUT2D eigenvalue weighted by Crippen LogP contribution is -2.52. The number of benzene rings is 2. The molecule has 0 fully saturated rings. The maximum Gasteiger partial charge on any atom is 0.244 e. The first-order chi connectivity index (χ1) is 16.1. The van der Waals surface area contributed by atoms with E-state index in [0.717, 1.165) is 22.5 Å². The number of halogens is 1. The van der Waals surface area contributed by atoms with Crippen molar-refractivity contribution in [3.63, 3.8) is 0 Å². The van der Waals surface area contributed by atoms with Crippen LogP contribution in [0.2, 0.25) is 0 Å². The third-order valence-corrected chi connectivity index (χ3v) is 6.83. The minimum atomic E-state index is -3.77. The normalized spacial score (nSPS) is 12.0. The highest BCUT2D eigenvalue weighted by Gasteiger charge is 2.31. The van der Waals surface area contributed by atoms with Crippen LogP contribution < -0.4 is 14.4 Å². The van der Waals surface area contributed by atoms with Crippen LogP contribution in [0.5, 0.6) is 5.75 Å². The second-order valence-corrected chi connectivity index (χ2v) is 10.7. The Morgan fingerprint density at radius 3 is 2.41 bits per heavy atom. The van der Waals surface area contributed by atoms with Crippen molar-refractivity contribution in [3.8, 4) is 5.75 Å². The molecule has 8 nitrogen and oxygen atoms in total. The van der Waals surface area contributed by atoms with E-state index in [9.17, 15) is 18.0 Å². The molecule has 1 N–H and O–H groups in total. The van der Waals surface area contributed by atoms with Crippen molar-refractivity contribution >= 4 is 43.5 Å². The fraction of sp³-hybridized carbons (Fsp3) is 0.417. The molecular formula is C24H32BrN3O5S.